The lowest BCUT2D eigenvalue weighted by Crippen LogP contribution is -2.09. The maximum Gasteiger partial charge on any atom is 0.160 e. The Kier molecular flexibility index (Phi) is 3.67. The summed E-state index contributed by atoms with van der Waals surface area (Å²) in [5.74, 6) is 0. The monoisotopic (exact) mass is 304 g/mol. The normalized spacial score (nSPS) is 11.7. The van der Waals surface area contributed by atoms with Crippen molar-refractivity contribution in [2.24, 2.45) is 0 Å². The van der Waals surface area contributed by atoms with E-state index in [0.717, 1.165) is 48.1 Å². The van der Waals surface area contributed by atoms with Crippen molar-refractivity contribution in [3.63, 3.8) is 0 Å². The van der Waals surface area contributed by atoms with Crippen LogP contribution in [0.25, 0.3) is 33.1 Å². The minimum Gasteiger partial charge on any atom is -0.324 e. The molecule has 116 valence electrons. The van der Waals surface area contributed by atoms with Gasteiger partial charge >= 0.3 is 0 Å². The molecule has 0 bridgehead atoms. The van der Waals surface area contributed by atoms with Crippen molar-refractivity contribution in [1.29, 1.82) is 0 Å². The Morgan fingerprint density at radius 3 is 2.48 bits per heavy atom. The third-order valence-electron chi connectivity index (χ3n) is 4.32. The van der Waals surface area contributed by atoms with Gasteiger partial charge in [-0.15, -0.1) is 0 Å². The van der Waals surface area contributed by atoms with Crippen LogP contribution in [-0.2, 0) is 6.54 Å². The van der Waals surface area contributed by atoms with Crippen LogP contribution in [0.2, 0.25) is 0 Å². The summed E-state index contributed by atoms with van der Waals surface area (Å²) in [4.78, 5) is 9.77. The van der Waals surface area contributed by atoms with E-state index in [-0.39, 0.29) is 0 Å². The molecule has 0 amide bonds. The summed E-state index contributed by atoms with van der Waals surface area (Å²) in [5, 5.41) is 4.40. The van der Waals surface area contributed by atoms with Crippen LogP contribution in [0, 0.1) is 0 Å². The first-order chi connectivity index (χ1) is 11.4. The number of unbranched alkanes of at least 4 members (excludes halogenated alkanes) is 1. The molecule has 2 aromatic carbocycles. The fraction of sp³-hybridized carbons (Fsp3) is 0.263. The predicted octanol–water partition coefficient (Wildman–Crippen LogP) is 3.74. The van der Waals surface area contributed by atoms with Gasteiger partial charge in [-0.25, -0.2) is 9.97 Å². The second-order valence-electron chi connectivity index (χ2n) is 5.86. The van der Waals surface area contributed by atoms with Gasteiger partial charge in [0.15, 0.2) is 5.65 Å². The molecule has 0 saturated carbocycles. The summed E-state index contributed by atoms with van der Waals surface area (Å²) in [7, 11) is 2.00. The van der Waals surface area contributed by atoms with E-state index in [4.69, 9.17) is 9.97 Å². The largest absolute Gasteiger partial charge is 0.324 e. The van der Waals surface area contributed by atoms with Crippen LogP contribution in [0.4, 0.5) is 0 Å². The average Bonchev–Trinajstić information content (AvgIpc) is 2.90. The first-order valence-electron chi connectivity index (χ1n) is 8.17. The fourth-order valence-corrected chi connectivity index (χ4v) is 3.18. The highest BCUT2D eigenvalue weighted by molar-refractivity contribution is 6.06. The summed E-state index contributed by atoms with van der Waals surface area (Å²) >= 11 is 0. The number of benzene rings is 2. The summed E-state index contributed by atoms with van der Waals surface area (Å²) < 4.78 is 2.32. The van der Waals surface area contributed by atoms with E-state index in [1.165, 1.54) is 10.9 Å². The van der Waals surface area contributed by atoms with Crippen LogP contribution >= 0.6 is 0 Å². The number of aryl methyl sites for hydroxylation is 1. The molecule has 0 unspecified atom stereocenters. The minimum absolute atomic E-state index is 0.957. The predicted molar refractivity (Wildman–Crippen MR) is 95.7 cm³/mol. The van der Waals surface area contributed by atoms with E-state index < -0.39 is 0 Å². The summed E-state index contributed by atoms with van der Waals surface area (Å²) in [6.07, 6.45) is 2.29. The summed E-state index contributed by atoms with van der Waals surface area (Å²) in [6, 6.07) is 16.6. The van der Waals surface area contributed by atoms with Crippen molar-refractivity contribution >= 4 is 33.1 Å². The van der Waals surface area contributed by atoms with Gasteiger partial charge < -0.3 is 9.88 Å². The molecule has 0 aliphatic heterocycles. The van der Waals surface area contributed by atoms with Gasteiger partial charge in [-0.3, -0.25) is 0 Å². The molecule has 0 fully saturated rings. The third kappa shape index (κ3) is 2.45. The van der Waals surface area contributed by atoms with Crippen LogP contribution in [0.1, 0.15) is 12.8 Å². The second-order valence-corrected chi connectivity index (χ2v) is 5.86. The Morgan fingerprint density at radius 1 is 0.913 bits per heavy atom. The van der Waals surface area contributed by atoms with Crippen molar-refractivity contribution in [2.75, 3.05) is 13.6 Å². The van der Waals surface area contributed by atoms with Crippen molar-refractivity contribution in [1.82, 2.24) is 19.9 Å². The molecule has 0 atom stereocenters. The van der Waals surface area contributed by atoms with Crippen LogP contribution in [0.5, 0.6) is 0 Å². The Hall–Kier alpha value is -2.46. The molecule has 4 heteroatoms. The van der Waals surface area contributed by atoms with Gasteiger partial charge in [0.25, 0.3) is 0 Å². The number of aromatic nitrogens is 3. The van der Waals surface area contributed by atoms with E-state index in [9.17, 15) is 0 Å². The molecular weight excluding hydrogens is 284 g/mol. The lowest BCUT2D eigenvalue weighted by molar-refractivity contribution is 0.610. The maximum atomic E-state index is 4.90. The van der Waals surface area contributed by atoms with Crippen molar-refractivity contribution in [3.05, 3.63) is 48.5 Å². The van der Waals surface area contributed by atoms with Gasteiger partial charge in [0.1, 0.15) is 5.52 Å². The van der Waals surface area contributed by atoms with E-state index in [2.05, 4.69) is 34.1 Å². The quantitative estimate of drug-likeness (QED) is 0.571. The van der Waals surface area contributed by atoms with Gasteiger partial charge in [0.2, 0.25) is 0 Å². The Morgan fingerprint density at radius 2 is 1.65 bits per heavy atom. The highest BCUT2D eigenvalue weighted by atomic mass is 15.1. The molecule has 0 radical (unpaired) electrons. The lowest BCUT2D eigenvalue weighted by Gasteiger charge is -2.07. The zero-order valence-corrected chi connectivity index (χ0v) is 13.3. The Balaban J connectivity index is 1.91. The summed E-state index contributed by atoms with van der Waals surface area (Å²) in [5.41, 5.74) is 5.14. The molecular formula is C19H20N4. The fourth-order valence-electron chi connectivity index (χ4n) is 3.18. The molecule has 1 N–H and O–H groups in total. The van der Waals surface area contributed by atoms with Crippen LogP contribution in [-0.4, -0.2) is 28.1 Å². The van der Waals surface area contributed by atoms with Crippen molar-refractivity contribution in [2.45, 2.75) is 19.4 Å². The second kappa shape index (κ2) is 5.97. The number of nitrogens with zero attached hydrogens (tertiary/aromatic N) is 3. The first kappa shape index (κ1) is 14.2. The molecule has 0 saturated heterocycles. The molecule has 4 aromatic rings. The van der Waals surface area contributed by atoms with E-state index in [1.807, 2.05) is 31.3 Å². The lowest BCUT2D eigenvalue weighted by atomic mass is 10.2. The Bertz CT molecular complexity index is 971. The standard InChI is InChI=1S/C19H20N4/c1-20-12-6-7-13-23-17-11-5-2-8-14(17)18-19(23)22-16-10-4-3-9-15(16)21-18/h2-5,8-11,20H,6-7,12-13H2,1H3. The third-order valence-corrected chi connectivity index (χ3v) is 4.32. The molecule has 23 heavy (non-hydrogen) atoms. The van der Waals surface area contributed by atoms with E-state index >= 15 is 0 Å². The van der Waals surface area contributed by atoms with Gasteiger partial charge in [0, 0.05) is 11.9 Å². The van der Waals surface area contributed by atoms with Crippen LogP contribution in [0.15, 0.2) is 48.5 Å². The highest BCUT2D eigenvalue weighted by Crippen LogP contribution is 2.28. The number of para-hydroxylation sites is 3. The number of hydrogen-bond donors (Lipinski definition) is 1. The average molecular weight is 304 g/mol. The van der Waals surface area contributed by atoms with Gasteiger partial charge in [-0.05, 0) is 44.6 Å². The number of rotatable bonds is 5. The topological polar surface area (TPSA) is 42.7 Å². The zero-order valence-electron chi connectivity index (χ0n) is 13.3. The first-order valence-corrected chi connectivity index (χ1v) is 8.17. The van der Waals surface area contributed by atoms with Crippen LogP contribution in [0.3, 0.4) is 0 Å². The molecule has 4 rings (SSSR count). The van der Waals surface area contributed by atoms with Crippen molar-refractivity contribution in [3.8, 4) is 0 Å². The molecule has 0 aliphatic rings. The number of hydrogen-bond acceptors (Lipinski definition) is 3. The van der Waals surface area contributed by atoms with E-state index in [0.29, 0.717) is 0 Å². The summed E-state index contributed by atoms with van der Waals surface area (Å²) in [6.45, 7) is 2.02. The van der Waals surface area contributed by atoms with Crippen molar-refractivity contribution < 1.29 is 0 Å². The molecule has 2 aromatic heterocycles. The highest BCUT2D eigenvalue weighted by Gasteiger charge is 2.13. The molecule has 2 heterocycles. The minimum atomic E-state index is 0.957. The zero-order chi connectivity index (χ0) is 15.6. The Labute approximate surface area is 135 Å². The molecule has 0 spiro atoms. The van der Waals surface area contributed by atoms with E-state index in [1.54, 1.807) is 0 Å². The van der Waals surface area contributed by atoms with Gasteiger partial charge in [0.05, 0.1) is 16.6 Å². The van der Waals surface area contributed by atoms with Gasteiger partial charge in [-0.1, -0.05) is 30.3 Å². The number of fused-ring (bicyclic) bond motifs is 4. The smallest absolute Gasteiger partial charge is 0.160 e. The molecule has 0 aliphatic carbocycles. The van der Waals surface area contributed by atoms with Gasteiger partial charge in [-0.2, -0.15) is 0 Å². The SMILES string of the molecule is CNCCCCn1c2ccccc2c2nc3ccccc3nc21. The molecule has 4 nitrogen and oxygen atoms in total. The number of nitrogens with one attached hydrogen (secondary N) is 1. The maximum absolute atomic E-state index is 4.90. The van der Waals surface area contributed by atoms with Crippen LogP contribution < -0.4 is 5.32 Å².